The predicted molar refractivity (Wildman–Crippen MR) is 116 cm³/mol. The number of likely N-dealkylation sites (N-methyl/N-ethyl adjacent to an activating group) is 1. The summed E-state index contributed by atoms with van der Waals surface area (Å²) in [4.78, 5) is 4.44. The zero-order valence-corrected chi connectivity index (χ0v) is 18.0. The summed E-state index contributed by atoms with van der Waals surface area (Å²) in [7, 11) is 4.06. The van der Waals surface area contributed by atoms with Crippen molar-refractivity contribution >= 4 is 0 Å². The number of nitrogens with zero attached hydrogens (tertiary/aromatic N) is 2. The third-order valence-corrected chi connectivity index (χ3v) is 5.48. The maximum Gasteiger partial charge on any atom is 0.165 e. The summed E-state index contributed by atoms with van der Waals surface area (Å²) in [6.45, 7) is 4.20. The summed E-state index contributed by atoms with van der Waals surface area (Å²) in [5.41, 5.74) is 0.296. The van der Waals surface area contributed by atoms with Crippen LogP contribution in [-0.4, -0.2) is 67.5 Å². The van der Waals surface area contributed by atoms with Crippen molar-refractivity contribution in [3.05, 3.63) is 59.9 Å². The number of hydrogen-bond acceptors (Lipinski definition) is 5. The minimum atomic E-state index is -0.929. The van der Waals surface area contributed by atoms with Crippen molar-refractivity contribution < 1.29 is 19.0 Å². The van der Waals surface area contributed by atoms with E-state index in [0.717, 1.165) is 38.3 Å². The molecule has 2 aromatic carbocycles. The van der Waals surface area contributed by atoms with Crippen LogP contribution in [0.2, 0.25) is 0 Å². The van der Waals surface area contributed by atoms with Crippen molar-refractivity contribution in [1.29, 1.82) is 0 Å². The Kier molecular flexibility index (Phi) is 8.08. The van der Waals surface area contributed by atoms with E-state index in [1.54, 1.807) is 18.2 Å². The Labute approximate surface area is 179 Å². The normalized spacial score (nSPS) is 20.2. The summed E-state index contributed by atoms with van der Waals surface area (Å²) >= 11 is 0. The third kappa shape index (κ3) is 6.97. The van der Waals surface area contributed by atoms with Gasteiger partial charge >= 0.3 is 0 Å². The highest BCUT2D eigenvalue weighted by atomic mass is 19.1. The molecule has 1 aliphatic heterocycles. The first kappa shape index (κ1) is 22.5. The zero-order valence-electron chi connectivity index (χ0n) is 18.0. The highest BCUT2D eigenvalue weighted by Gasteiger charge is 2.31. The number of hydrogen-bond donors (Lipinski definition) is 1. The molecule has 5 nitrogen and oxygen atoms in total. The van der Waals surface area contributed by atoms with Crippen molar-refractivity contribution in [2.45, 2.75) is 31.4 Å². The van der Waals surface area contributed by atoms with Gasteiger partial charge in [-0.2, -0.15) is 0 Å². The van der Waals surface area contributed by atoms with Crippen LogP contribution in [0.4, 0.5) is 4.39 Å². The largest absolute Gasteiger partial charge is 0.492 e. The molecule has 0 unspecified atom stereocenters. The molecular formula is C24H33FN2O3. The van der Waals surface area contributed by atoms with E-state index < -0.39 is 11.4 Å². The number of rotatable bonds is 9. The molecule has 0 spiro atoms. The van der Waals surface area contributed by atoms with Gasteiger partial charge in [0, 0.05) is 19.6 Å². The van der Waals surface area contributed by atoms with E-state index in [1.807, 2.05) is 26.2 Å². The van der Waals surface area contributed by atoms with E-state index in [-0.39, 0.29) is 12.4 Å². The minimum absolute atomic E-state index is 0.112. The number of ether oxygens (including phenoxy) is 2. The minimum Gasteiger partial charge on any atom is -0.492 e. The first-order valence-corrected chi connectivity index (χ1v) is 10.6. The van der Waals surface area contributed by atoms with Gasteiger partial charge in [0.05, 0.1) is 5.60 Å². The average Bonchev–Trinajstić information content (AvgIpc) is 2.90. The van der Waals surface area contributed by atoms with Crippen molar-refractivity contribution in [2.75, 3.05) is 46.9 Å². The van der Waals surface area contributed by atoms with Gasteiger partial charge in [0.1, 0.15) is 19.0 Å². The van der Waals surface area contributed by atoms with E-state index in [1.165, 1.54) is 11.6 Å². The van der Waals surface area contributed by atoms with Gasteiger partial charge in [-0.1, -0.05) is 24.3 Å². The topological polar surface area (TPSA) is 45.2 Å². The van der Waals surface area contributed by atoms with Gasteiger partial charge in [0.2, 0.25) is 0 Å². The molecular weight excluding hydrogens is 383 g/mol. The Morgan fingerprint density at radius 3 is 2.53 bits per heavy atom. The molecule has 30 heavy (non-hydrogen) atoms. The van der Waals surface area contributed by atoms with Crippen LogP contribution in [-0.2, 0) is 6.54 Å². The lowest BCUT2D eigenvalue weighted by atomic mass is 9.96. The van der Waals surface area contributed by atoms with Crippen LogP contribution in [0, 0.1) is 5.82 Å². The fraction of sp³-hybridized carbons (Fsp3) is 0.500. The van der Waals surface area contributed by atoms with Crippen LogP contribution in [0.3, 0.4) is 0 Å². The van der Waals surface area contributed by atoms with Crippen LogP contribution < -0.4 is 9.47 Å². The molecule has 3 rings (SSSR count). The van der Waals surface area contributed by atoms with Crippen molar-refractivity contribution in [3.8, 4) is 11.5 Å². The van der Waals surface area contributed by atoms with Crippen molar-refractivity contribution in [1.82, 2.24) is 9.80 Å². The lowest BCUT2D eigenvalue weighted by molar-refractivity contribution is -0.0177. The number of likely N-dealkylation sites (tertiary alicyclic amines) is 1. The van der Waals surface area contributed by atoms with E-state index in [4.69, 9.17) is 9.47 Å². The molecule has 0 saturated carbocycles. The molecule has 1 atom stereocenters. The maximum atomic E-state index is 13.8. The van der Waals surface area contributed by atoms with Gasteiger partial charge in [-0.05, 0) is 69.7 Å². The van der Waals surface area contributed by atoms with E-state index in [0.29, 0.717) is 19.4 Å². The lowest BCUT2D eigenvalue weighted by Crippen LogP contribution is -2.37. The average molecular weight is 417 g/mol. The first-order chi connectivity index (χ1) is 14.4. The highest BCUT2D eigenvalue weighted by Crippen LogP contribution is 2.26. The Morgan fingerprint density at radius 1 is 1.03 bits per heavy atom. The third-order valence-electron chi connectivity index (χ3n) is 5.48. The molecule has 0 aliphatic carbocycles. The number of aliphatic hydroxyl groups is 1. The van der Waals surface area contributed by atoms with Crippen LogP contribution in [0.25, 0.3) is 0 Å². The smallest absolute Gasteiger partial charge is 0.165 e. The van der Waals surface area contributed by atoms with E-state index in [9.17, 15) is 9.50 Å². The molecule has 6 heteroatoms. The molecule has 1 saturated heterocycles. The van der Waals surface area contributed by atoms with Gasteiger partial charge in [0.15, 0.2) is 11.6 Å². The Hall–Kier alpha value is -2.15. The molecule has 1 aliphatic rings. The molecule has 0 radical (unpaired) electrons. The summed E-state index contributed by atoms with van der Waals surface area (Å²) in [5.74, 6) is 0.682. The van der Waals surface area contributed by atoms with Gasteiger partial charge in [0.25, 0.3) is 0 Å². The number of benzene rings is 2. The van der Waals surface area contributed by atoms with Gasteiger partial charge in [-0.25, -0.2) is 4.39 Å². The SMILES string of the molecule is CN(C)CCOc1ccc(CN2CCC[C@](O)(COc3ccccc3F)CC2)cc1. The quantitative estimate of drug-likeness (QED) is 0.677. The van der Waals surface area contributed by atoms with Crippen molar-refractivity contribution in [3.63, 3.8) is 0 Å². The van der Waals surface area contributed by atoms with Crippen LogP contribution in [0.15, 0.2) is 48.5 Å². The van der Waals surface area contributed by atoms with Crippen molar-refractivity contribution in [2.24, 2.45) is 0 Å². The second-order valence-corrected chi connectivity index (χ2v) is 8.37. The Morgan fingerprint density at radius 2 is 1.80 bits per heavy atom. The molecule has 0 aromatic heterocycles. The summed E-state index contributed by atoms with van der Waals surface area (Å²) < 4.78 is 25.1. The first-order valence-electron chi connectivity index (χ1n) is 10.6. The Bertz CT molecular complexity index is 784. The highest BCUT2D eigenvalue weighted by molar-refractivity contribution is 5.27. The molecule has 1 heterocycles. The van der Waals surface area contributed by atoms with Gasteiger partial charge in [-0.3, -0.25) is 4.90 Å². The maximum absolute atomic E-state index is 13.8. The summed E-state index contributed by atoms with van der Waals surface area (Å²) in [5, 5.41) is 11.0. The predicted octanol–water partition coefficient (Wildman–Crippen LogP) is 3.56. The Balaban J connectivity index is 1.47. The molecule has 0 bridgehead atoms. The number of halogens is 1. The molecule has 1 fully saturated rings. The fourth-order valence-electron chi connectivity index (χ4n) is 3.61. The molecule has 164 valence electrons. The van der Waals surface area contributed by atoms with Gasteiger partial charge < -0.3 is 19.5 Å². The molecule has 0 amide bonds. The number of para-hydroxylation sites is 1. The van der Waals surface area contributed by atoms with E-state index >= 15 is 0 Å². The lowest BCUT2D eigenvalue weighted by Gasteiger charge is -2.27. The zero-order chi connectivity index (χ0) is 21.4. The van der Waals surface area contributed by atoms with E-state index in [2.05, 4.69) is 21.9 Å². The summed E-state index contributed by atoms with van der Waals surface area (Å²) in [6.07, 6.45) is 2.13. The van der Waals surface area contributed by atoms with Crippen LogP contribution in [0.1, 0.15) is 24.8 Å². The second-order valence-electron chi connectivity index (χ2n) is 8.37. The molecule has 2 aromatic rings. The monoisotopic (exact) mass is 416 g/mol. The standard InChI is InChI=1S/C24H33FN2O3/c1-26(2)16-17-29-21-10-8-20(9-11-21)18-27-14-5-12-24(28,13-15-27)19-30-23-7-4-3-6-22(23)25/h3-4,6-11,28H,5,12-19H2,1-2H3/t24-/m1/s1. The summed E-state index contributed by atoms with van der Waals surface area (Å²) in [6, 6.07) is 14.6. The van der Waals surface area contributed by atoms with Gasteiger partial charge in [-0.15, -0.1) is 0 Å². The second kappa shape index (κ2) is 10.8. The molecule has 1 N–H and O–H groups in total. The fourth-order valence-corrected chi connectivity index (χ4v) is 3.61. The van der Waals surface area contributed by atoms with Crippen LogP contribution in [0.5, 0.6) is 11.5 Å². The van der Waals surface area contributed by atoms with Crippen LogP contribution >= 0.6 is 0 Å².